The lowest BCUT2D eigenvalue weighted by atomic mass is 10.2. The van der Waals surface area contributed by atoms with Crippen LogP contribution in [0.4, 0.5) is 0 Å². The third kappa shape index (κ3) is 8.97. The molecule has 1 fully saturated rings. The molecule has 0 saturated carbocycles. The van der Waals surface area contributed by atoms with Crippen LogP contribution >= 0.6 is 24.0 Å². The third-order valence-electron chi connectivity index (χ3n) is 3.56. The number of hydrogen-bond acceptors (Lipinski definition) is 3. The second-order valence-corrected chi connectivity index (χ2v) is 5.28. The van der Waals surface area contributed by atoms with Crippen LogP contribution in [-0.4, -0.2) is 75.7 Å². The molecule has 1 saturated heterocycles. The maximum Gasteiger partial charge on any atom is 0.190 e. The minimum Gasteiger partial charge on any atom is -0.356 e. The van der Waals surface area contributed by atoms with Gasteiger partial charge in [0, 0.05) is 46.3 Å². The highest BCUT2D eigenvalue weighted by Crippen LogP contribution is 2.01. The van der Waals surface area contributed by atoms with Gasteiger partial charge in [-0.15, -0.1) is 24.0 Å². The fraction of sp³-hybridized carbons (Fsp3) is 0.929. The maximum atomic E-state index is 4.20. The minimum absolute atomic E-state index is 0. The topological polar surface area (TPSA) is 42.9 Å². The van der Waals surface area contributed by atoms with Gasteiger partial charge in [-0.2, -0.15) is 0 Å². The molecule has 0 radical (unpaired) electrons. The Balaban J connectivity index is 0.00000361. The van der Waals surface area contributed by atoms with Gasteiger partial charge < -0.3 is 20.4 Å². The zero-order chi connectivity index (χ0) is 13.9. The van der Waals surface area contributed by atoms with Crippen molar-refractivity contribution in [2.45, 2.75) is 26.2 Å². The normalized spacial score (nSPS) is 17.6. The summed E-state index contributed by atoms with van der Waals surface area (Å²) in [4.78, 5) is 9.18. The SMILES string of the molecule is CCCNC(=NC)NCCCCN1CCN(C)CC1.I. The summed E-state index contributed by atoms with van der Waals surface area (Å²) in [6.45, 7) is 10.3. The Labute approximate surface area is 141 Å². The standard InChI is InChI=1S/C14H31N5.HI/c1-4-7-16-14(15-2)17-8-5-6-9-19-12-10-18(3)11-13-19;/h4-13H2,1-3H3,(H2,15,16,17);1H. The molecule has 0 unspecified atom stereocenters. The van der Waals surface area contributed by atoms with E-state index in [1.54, 1.807) is 0 Å². The minimum atomic E-state index is 0. The highest BCUT2D eigenvalue weighted by molar-refractivity contribution is 14.0. The Bertz CT molecular complexity index is 252. The first-order chi connectivity index (χ1) is 9.26. The first-order valence-corrected chi connectivity index (χ1v) is 7.61. The zero-order valence-corrected chi connectivity index (χ0v) is 15.7. The van der Waals surface area contributed by atoms with Gasteiger partial charge in [0.15, 0.2) is 5.96 Å². The lowest BCUT2D eigenvalue weighted by Gasteiger charge is -2.32. The molecule has 2 N–H and O–H groups in total. The van der Waals surface area contributed by atoms with Crippen molar-refractivity contribution in [3.63, 3.8) is 0 Å². The van der Waals surface area contributed by atoms with Crippen LogP contribution in [0.15, 0.2) is 4.99 Å². The summed E-state index contributed by atoms with van der Waals surface area (Å²) >= 11 is 0. The number of guanidine groups is 1. The number of piperazine rings is 1. The molecule has 0 aromatic heterocycles. The Kier molecular flexibility index (Phi) is 12.6. The molecule has 0 bridgehead atoms. The van der Waals surface area contributed by atoms with E-state index in [-0.39, 0.29) is 24.0 Å². The van der Waals surface area contributed by atoms with Gasteiger partial charge in [0.2, 0.25) is 0 Å². The predicted molar refractivity (Wildman–Crippen MR) is 98.2 cm³/mol. The van der Waals surface area contributed by atoms with Crippen LogP contribution in [0.3, 0.4) is 0 Å². The quantitative estimate of drug-likeness (QED) is 0.293. The average molecular weight is 397 g/mol. The van der Waals surface area contributed by atoms with Crippen LogP contribution < -0.4 is 10.6 Å². The monoisotopic (exact) mass is 397 g/mol. The van der Waals surface area contributed by atoms with Crippen molar-refractivity contribution >= 4 is 29.9 Å². The van der Waals surface area contributed by atoms with Crippen LogP contribution in [0.25, 0.3) is 0 Å². The van der Waals surface area contributed by atoms with Crippen molar-refractivity contribution < 1.29 is 0 Å². The average Bonchev–Trinajstić information content (AvgIpc) is 2.44. The predicted octanol–water partition coefficient (Wildman–Crippen LogP) is 1.21. The van der Waals surface area contributed by atoms with Gasteiger partial charge >= 0.3 is 0 Å². The fourth-order valence-corrected chi connectivity index (χ4v) is 2.20. The number of halogens is 1. The lowest BCUT2D eigenvalue weighted by molar-refractivity contribution is 0.152. The molecule has 5 nitrogen and oxygen atoms in total. The fourth-order valence-electron chi connectivity index (χ4n) is 2.20. The summed E-state index contributed by atoms with van der Waals surface area (Å²) in [5.74, 6) is 0.932. The number of rotatable bonds is 7. The van der Waals surface area contributed by atoms with E-state index in [1.165, 1.54) is 45.6 Å². The van der Waals surface area contributed by atoms with Gasteiger partial charge in [0.05, 0.1) is 0 Å². The number of hydrogen-bond donors (Lipinski definition) is 2. The Morgan fingerprint density at radius 1 is 1.05 bits per heavy atom. The smallest absolute Gasteiger partial charge is 0.190 e. The van der Waals surface area contributed by atoms with Crippen LogP contribution in [0, 0.1) is 0 Å². The van der Waals surface area contributed by atoms with Crippen molar-refractivity contribution in [1.82, 2.24) is 20.4 Å². The van der Waals surface area contributed by atoms with Gasteiger partial charge in [0.25, 0.3) is 0 Å². The van der Waals surface area contributed by atoms with Gasteiger partial charge in [-0.1, -0.05) is 6.92 Å². The molecule has 6 heteroatoms. The summed E-state index contributed by atoms with van der Waals surface area (Å²) in [6.07, 6.45) is 3.60. The van der Waals surface area contributed by atoms with E-state index in [4.69, 9.17) is 0 Å². The van der Waals surface area contributed by atoms with E-state index in [2.05, 4.69) is 39.4 Å². The van der Waals surface area contributed by atoms with E-state index in [0.717, 1.165) is 25.5 Å². The molecule has 0 spiro atoms. The summed E-state index contributed by atoms with van der Waals surface area (Å²) in [5, 5.41) is 6.65. The number of likely N-dealkylation sites (N-methyl/N-ethyl adjacent to an activating group) is 1. The second kappa shape index (κ2) is 12.6. The molecule has 1 rings (SSSR count). The van der Waals surface area contributed by atoms with Crippen molar-refractivity contribution in [2.24, 2.45) is 4.99 Å². The van der Waals surface area contributed by atoms with Gasteiger partial charge in [-0.05, 0) is 32.9 Å². The molecule has 0 aliphatic carbocycles. The molecule has 1 aliphatic rings. The van der Waals surface area contributed by atoms with E-state index >= 15 is 0 Å². The molecule has 1 heterocycles. The molecule has 120 valence electrons. The summed E-state index contributed by atoms with van der Waals surface area (Å²) in [5.41, 5.74) is 0. The lowest BCUT2D eigenvalue weighted by Crippen LogP contribution is -2.44. The van der Waals surface area contributed by atoms with Crippen LogP contribution in [0.5, 0.6) is 0 Å². The largest absolute Gasteiger partial charge is 0.356 e. The number of aliphatic imine (C=N–C) groups is 1. The molecular formula is C14H32IN5. The van der Waals surface area contributed by atoms with Gasteiger partial charge in [-0.25, -0.2) is 0 Å². The molecule has 0 aromatic carbocycles. The van der Waals surface area contributed by atoms with Crippen LogP contribution in [-0.2, 0) is 0 Å². The molecule has 1 aliphatic heterocycles. The summed E-state index contributed by atoms with van der Waals surface area (Å²) in [7, 11) is 4.03. The highest BCUT2D eigenvalue weighted by atomic mass is 127. The number of nitrogens with zero attached hydrogens (tertiary/aromatic N) is 3. The van der Waals surface area contributed by atoms with E-state index in [9.17, 15) is 0 Å². The second-order valence-electron chi connectivity index (χ2n) is 5.28. The Morgan fingerprint density at radius 3 is 2.30 bits per heavy atom. The van der Waals surface area contributed by atoms with E-state index < -0.39 is 0 Å². The number of nitrogens with one attached hydrogen (secondary N) is 2. The van der Waals surface area contributed by atoms with Crippen molar-refractivity contribution in [3.05, 3.63) is 0 Å². The van der Waals surface area contributed by atoms with E-state index in [1.807, 2.05) is 7.05 Å². The Morgan fingerprint density at radius 2 is 1.70 bits per heavy atom. The van der Waals surface area contributed by atoms with Crippen molar-refractivity contribution in [1.29, 1.82) is 0 Å². The first kappa shape index (κ1) is 19.9. The molecule has 0 aromatic rings. The number of unbranched alkanes of at least 4 members (excludes halogenated alkanes) is 1. The third-order valence-corrected chi connectivity index (χ3v) is 3.56. The maximum absolute atomic E-state index is 4.20. The van der Waals surface area contributed by atoms with E-state index in [0.29, 0.717) is 0 Å². The van der Waals surface area contributed by atoms with Crippen LogP contribution in [0.1, 0.15) is 26.2 Å². The van der Waals surface area contributed by atoms with Crippen molar-refractivity contribution in [3.8, 4) is 0 Å². The highest BCUT2D eigenvalue weighted by Gasteiger charge is 2.12. The molecule has 20 heavy (non-hydrogen) atoms. The van der Waals surface area contributed by atoms with Gasteiger partial charge in [0.1, 0.15) is 0 Å². The Hall–Kier alpha value is -0.0800. The molecule has 0 amide bonds. The van der Waals surface area contributed by atoms with Crippen LogP contribution in [0.2, 0.25) is 0 Å². The summed E-state index contributed by atoms with van der Waals surface area (Å²) in [6, 6.07) is 0. The molecular weight excluding hydrogens is 365 g/mol. The van der Waals surface area contributed by atoms with Gasteiger partial charge in [-0.3, -0.25) is 4.99 Å². The zero-order valence-electron chi connectivity index (χ0n) is 13.3. The first-order valence-electron chi connectivity index (χ1n) is 7.61. The van der Waals surface area contributed by atoms with Crippen molar-refractivity contribution in [2.75, 3.05) is 59.9 Å². The summed E-state index contributed by atoms with van der Waals surface area (Å²) < 4.78 is 0. The molecule has 0 atom stereocenters.